The van der Waals surface area contributed by atoms with Crippen molar-refractivity contribution < 1.29 is 9.18 Å². The minimum atomic E-state index is -0.187. The van der Waals surface area contributed by atoms with Crippen LogP contribution >= 0.6 is 0 Å². The van der Waals surface area contributed by atoms with E-state index >= 15 is 0 Å². The highest BCUT2D eigenvalue weighted by Crippen LogP contribution is 2.48. The molecule has 2 N–H and O–H groups in total. The number of halogens is 1. The fraction of sp³-hybridized carbons (Fsp3) is 0.579. The number of likely N-dealkylation sites (N-methyl/N-ethyl adjacent to an activating group) is 1. The van der Waals surface area contributed by atoms with Crippen LogP contribution in [-0.4, -0.2) is 49.5 Å². The van der Waals surface area contributed by atoms with Gasteiger partial charge in [-0.1, -0.05) is 12.1 Å². The quantitative estimate of drug-likeness (QED) is 0.634. The number of nitrogens with one attached hydrogen (secondary N) is 2. The minimum absolute atomic E-state index is 0.0240. The zero-order valence-electron chi connectivity index (χ0n) is 15.0. The fourth-order valence-electron chi connectivity index (χ4n) is 3.38. The zero-order chi connectivity index (χ0) is 17.9. The molecule has 1 aromatic carbocycles. The van der Waals surface area contributed by atoms with Crippen LogP contribution in [0.4, 0.5) is 4.39 Å². The predicted molar refractivity (Wildman–Crippen MR) is 97.1 cm³/mol. The van der Waals surface area contributed by atoms with E-state index in [4.69, 9.17) is 4.99 Å². The van der Waals surface area contributed by atoms with E-state index in [0.29, 0.717) is 19.5 Å². The van der Waals surface area contributed by atoms with Gasteiger partial charge in [-0.2, -0.15) is 0 Å². The molecule has 1 aromatic rings. The maximum Gasteiger partial charge on any atom is 0.222 e. The number of guanidine groups is 1. The molecule has 0 radical (unpaired) electrons. The molecule has 0 spiro atoms. The lowest BCUT2D eigenvalue weighted by Crippen LogP contribution is -2.51. The second kappa shape index (κ2) is 7.42. The van der Waals surface area contributed by atoms with Gasteiger partial charge in [0.15, 0.2) is 5.96 Å². The minimum Gasteiger partial charge on any atom is -0.357 e. The van der Waals surface area contributed by atoms with Crippen LogP contribution in [0.1, 0.15) is 38.2 Å². The normalized spacial score (nSPS) is 22.7. The Morgan fingerprint density at radius 2 is 2.24 bits per heavy atom. The van der Waals surface area contributed by atoms with E-state index in [9.17, 15) is 9.18 Å². The Balaban J connectivity index is 1.65. The first-order valence-electron chi connectivity index (χ1n) is 9.07. The number of nitrogens with zero attached hydrogens (tertiary/aromatic N) is 2. The molecular weight excluding hydrogens is 319 g/mol. The van der Waals surface area contributed by atoms with E-state index in [1.54, 1.807) is 17.0 Å². The number of hydrogen-bond acceptors (Lipinski definition) is 2. The molecule has 5 nitrogen and oxygen atoms in total. The van der Waals surface area contributed by atoms with Crippen molar-refractivity contribution in [3.63, 3.8) is 0 Å². The number of benzene rings is 1. The van der Waals surface area contributed by atoms with Crippen molar-refractivity contribution in [3.8, 4) is 0 Å². The maximum atomic E-state index is 13.5. The largest absolute Gasteiger partial charge is 0.357 e. The Morgan fingerprint density at radius 3 is 2.88 bits per heavy atom. The van der Waals surface area contributed by atoms with Crippen molar-refractivity contribution in [1.82, 2.24) is 15.5 Å². The van der Waals surface area contributed by atoms with Gasteiger partial charge in [-0.3, -0.25) is 9.79 Å². The summed E-state index contributed by atoms with van der Waals surface area (Å²) in [4.78, 5) is 18.1. The van der Waals surface area contributed by atoms with Crippen LogP contribution in [0.15, 0.2) is 29.3 Å². The van der Waals surface area contributed by atoms with E-state index < -0.39 is 0 Å². The van der Waals surface area contributed by atoms with Crippen LogP contribution < -0.4 is 10.6 Å². The van der Waals surface area contributed by atoms with Crippen molar-refractivity contribution in [3.05, 3.63) is 35.6 Å². The lowest BCUT2D eigenvalue weighted by atomic mass is 9.96. The molecule has 1 unspecified atom stereocenters. The van der Waals surface area contributed by atoms with Crippen LogP contribution in [0.3, 0.4) is 0 Å². The molecule has 1 saturated carbocycles. The summed E-state index contributed by atoms with van der Waals surface area (Å²) >= 11 is 0. The lowest BCUT2D eigenvalue weighted by Gasteiger charge is -2.31. The Morgan fingerprint density at radius 1 is 1.44 bits per heavy atom. The van der Waals surface area contributed by atoms with E-state index in [-0.39, 0.29) is 23.2 Å². The van der Waals surface area contributed by atoms with E-state index in [1.807, 2.05) is 20.0 Å². The summed E-state index contributed by atoms with van der Waals surface area (Å²) in [6.07, 6.45) is 3.48. The van der Waals surface area contributed by atoms with Crippen molar-refractivity contribution in [2.45, 2.75) is 44.1 Å². The third kappa shape index (κ3) is 4.30. The topological polar surface area (TPSA) is 56.7 Å². The van der Waals surface area contributed by atoms with Gasteiger partial charge < -0.3 is 15.5 Å². The number of aliphatic imine (C=N–C) groups is 1. The fourth-order valence-corrected chi connectivity index (χ4v) is 3.38. The maximum absolute atomic E-state index is 13.5. The zero-order valence-corrected chi connectivity index (χ0v) is 15.0. The highest BCUT2D eigenvalue weighted by molar-refractivity contribution is 5.81. The second-order valence-electron chi connectivity index (χ2n) is 7.14. The Hall–Kier alpha value is -2.11. The number of likely N-dealkylation sites (tertiary alicyclic amines) is 1. The summed E-state index contributed by atoms with van der Waals surface area (Å²) in [5.74, 6) is 0.786. The molecule has 2 fully saturated rings. The Kier molecular flexibility index (Phi) is 5.25. The number of carbonyl (C=O) groups is 1. The molecule has 3 rings (SSSR count). The summed E-state index contributed by atoms with van der Waals surface area (Å²) in [5, 5.41) is 6.72. The number of amides is 1. The number of carbonyl (C=O) groups excluding carboxylic acids is 1. The van der Waals surface area contributed by atoms with Gasteiger partial charge in [0.25, 0.3) is 0 Å². The first kappa shape index (κ1) is 17.7. The van der Waals surface area contributed by atoms with E-state index in [2.05, 4.69) is 10.6 Å². The molecule has 1 atom stereocenters. The van der Waals surface area contributed by atoms with Crippen LogP contribution in [-0.2, 0) is 10.2 Å². The molecule has 1 amide bonds. The molecule has 0 bridgehead atoms. The summed E-state index contributed by atoms with van der Waals surface area (Å²) in [6.45, 7) is 4.15. The molecule has 25 heavy (non-hydrogen) atoms. The van der Waals surface area contributed by atoms with Gasteiger partial charge in [-0.25, -0.2) is 4.39 Å². The molecular formula is C19H27FN4O. The number of rotatable bonds is 5. The van der Waals surface area contributed by atoms with Crippen LogP contribution in [0.2, 0.25) is 0 Å². The predicted octanol–water partition coefficient (Wildman–Crippen LogP) is 2.03. The Bertz CT molecular complexity index is 657. The molecule has 2 aliphatic rings. The standard InChI is InChI=1S/C19H27FN4O/c1-3-21-18(23-16-7-8-17(25)24(2)12-16)22-13-19(9-10-19)14-5-4-6-15(20)11-14/h4-6,11,16H,3,7-10,12-13H2,1-2H3,(H2,21,22,23). The first-order valence-corrected chi connectivity index (χ1v) is 9.07. The van der Waals surface area contributed by atoms with Crippen LogP contribution in [0.25, 0.3) is 0 Å². The Labute approximate surface area is 148 Å². The molecule has 0 aromatic heterocycles. The average Bonchev–Trinajstić information content (AvgIpc) is 3.38. The molecule has 1 heterocycles. The molecule has 6 heteroatoms. The average molecular weight is 346 g/mol. The summed E-state index contributed by atoms with van der Waals surface area (Å²) in [6, 6.07) is 7.09. The smallest absolute Gasteiger partial charge is 0.222 e. The summed E-state index contributed by atoms with van der Waals surface area (Å²) < 4.78 is 13.5. The molecule has 136 valence electrons. The number of hydrogen-bond donors (Lipinski definition) is 2. The van der Waals surface area contributed by atoms with Crippen LogP contribution in [0, 0.1) is 5.82 Å². The van der Waals surface area contributed by atoms with E-state index in [0.717, 1.165) is 37.3 Å². The second-order valence-corrected chi connectivity index (χ2v) is 7.14. The first-order chi connectivity index (χ1) is 12.0. The summed E-state index contributed by atoms with van der Waals surface area (Å²) in [5.41, 5.74) is 1.01. The van der Waals surface area contributed by atoms with Gasteiger partial charge in [0.05, 0.1) is 6.54 Å². The highest BCUT2D eigenvalue weighted by atomic mass is 19.1. The van der Waals surface area contributed by atoms with Gasteiger partial charge >= 0.3 is 0 Å². The van der Waals surface area contributed by atoms with Gasteiger partial charge in [-0.15, -0.1) is 0 Å². The lowest BCUT2D eigenvalue weighted by molar-refractivity contribution is -0.132. The summed E-state index contributed by atoms with van der Waals surface area (Å²) in [7, 11) is 1.84. The van der Waals surface area contributed by atoms with Crippen molar-refractivity contribution in [1.29, 1.82) is 0 Å². The van der Waals surface area contributed by atoms with E-state index in [1.165, 1.54) is 6.07 Å². The number of piperidine rings is 1. The van der Waals surface area contributed by atoms with Crippen molar-refractivity contribution in [2.24, 2.45) is 4.99 Å². The van der Waals surface area contributed by atoms with Crippen LogP contribution in [0.5, 0.6) is 0 Å². The highest BCUT2D eigenvalue weighted by Gasteiger charge is 2.44. The van der Waals surface area contributed by atoms with Crippen molar-refractivity contribution in [2.75, 3.05) is 26.7 Å². The molecule has 1 aliphatic heterocycles. The van der Waals surface area contributed by atoms with Gasteiger partial charge in [0, 0.05) is 38.0 Å². The van der Waals surface area contributed by atoms with Gasteiger partial charge in [-0.05, 0) is 43.9 Å². The molecule has 1 aliphatic carbocycles. The monoisotopic (exact) mass is 346 g/mol. The van der Waals surface area contributed by atoms with Crippen molar-refractivity contribution >= 4 is 11.9 Å². The third-order valence-corrected chi connectivity index (χ3v) is 5.14. The van der Waals surface area contributed by atoms with Gasteiger partial charge in [0.1, 0.15) is 5.82 Å². The molecule has 1 saturated heterocycles. The third-order valence-electron chi connectivity index (χ3n) is 5.14. The van der Waals surface area contributed by atoms with Gasteiger partial charge in [0.2, 0.25) is 5.91 Å². The SMILES string of the molecule is CCNC(=NCC1(c2cccc(F)c2)CC1)NC1CCC(=O)N(C)C1.